The molecule has 0 unspecified atom stereocenters. The Hall–Kier alpha value is -2.36. The topological polar surface area (TPSA) is 64.4 Å². The van der Waals surface area contributed by atoms with Gasteiger partial charge in [-0.05, 0) is 57.8 Å². The van der Waals surface area contributed by atoms with Crippen LogP contribution in [0.3, 0.4) is 0 Å². The van der Waals surface area contributed by atoms with Gasteiger partial charge in [-0.1, -0.05) is 18.2 Å². The molecule has 26 heavy (non-hydrogen) atoms. The third-order valence-corrected chi connectivity index (χ3v) is 5.10. The summed E-state index contributed by atoms with van der Waals surface area (Å²) in [6.07, 6.45) is 1.60. The van der Waals surface area contributed by atoms with Gasteiger partial charge < -0.3 is 14.0 Å². The van der Waals surface area contributed by atoms with Crippen LogP contribution in [0.15, 0.2) is 36.5 Å². The van der Waals surface area contributed by atoms with E-state index in [-0.39, 0.29) is 11.2 Å². The number of hydrogen-bond donors (Lipinski definition) is 0. The minimum atomic E-state index is -0.392. The van der Waals surface area contributed by atoms with E-state index in [0.717, 1.165) is 22.3 Å². The van der Waals surface area contributed by atoms with Gasteiger partial charge in [-0.15, -0.1) is 0 Å². The van der Waals surface area contributed by atoms with Crippen LogP contribution in [0.2, 0.25) is 0 Å². The maximum Gasteiger partial charge on any atom is 0.494 e. The zero-order chi connectivity index (χ0) is 18.9. The summed E-state index contributed by atoms with van der Waals surface area (Å²) in [7, 11) is -0.392. The highest BCUT2D eigenvalue weighted by Crippen LogP contribution is 2.36. The molecule has 1 aromatic carbocycles. The smallest absolute Gasteiger partial charge is 0.489 e. The van der Waals surface area contributed by atoms with Crippen LogP contribution in [0.5, 0.6) is 5.75 Å². The Kier molecular flexibility index (Phi) is 4.79. The van der Waals surface area contributed by atoms with E-state index in [4.69, 9.17) is 19.3 Å². The molecule has 0 bridgehead atoms. The molecule has 1 saturated heterocycles. The Labute approximate surface area is 155 Å². The molecule has 1 aromatic heterocycles. The first-order chi connectivity index (χ1) is 12.2. The standard InChI is InChI=1S/C20H23BN2O3/c1-14-11-16(21-25-19(2,3)20(4,5)26-21)8-9-18(14)24-13-15-7-6-10-23-17(15)12-22/h6-11H,13H2,1-5H3. The molecule has 0 radical (unpaired) electrons. The van der Waals surface area contributed by atoms with Crippen LogP contribution in [0, 0.1) is 18.3 Å². The number of aromatic nitrogens is 1. The fourth-order valence-corrected chi connectivity index (χ4v) is 2.77. The second kappa shape index (κ2) is 6.75. The molecule has 6 heteroatoms. The third kappa shape index (κ3) is 3.46. The van der Waals surface area contributed by atoms with Crippen molar-refractivity contribution in [3.63, 3.8) is 0 Å². The van der Waals surface area contributed by atoms with Crippen molar-refractivity contribution in [2.45, 2.75) is 52.4 Å². The van der Waals surface area contributed by atoms with Crippen molar-refractivity contribution >= 4 is 12.6 Å². The van der Waals surface area contributed by atoms with Crippen LogP contribution < -0.4 is 10.2 Å². The minimum absolute atomic E-state index is 0.299. The molecule has 0 saturated carbocycles. The van der Waals surface area contributed by atoms with Gasteiger partial charge in [-0.25, -0.2) is 4.98 Å². The minimum Gasteiger partial charge on any atom is -0.489 e. The van der Waals surface area contributed by atoms with Crippen molar-refractivity contribution in [3.8, 4) is 11.8 Å². The molecule has 2 heterocycles. The lowest BCUT2D eigenvalue weighted by Crippen LogP contribution is -2.41. The Morgan fingerprint density at radius 2 is 1.85 bits per heavy atom. The number of benzene rings is 1. The van der Waals surface area contributed by atoms with E-state index in [1.807, 2.05) is 58.9 Å². The highest BCUT2D eigenvalue weighted by molar-refractivity contribution is 6.62. The molecule has 0 atom stereocenters. The SMILES string of the molecule is Cc1cc(B2OC(C)(C)C(C)(C)O2)ccc1OCc1cccnc1C#N. The quantitative estimate of drug-likeness (QED) is 0.793. The molecule has 2 aromatic rings. The number of rotatable bonds is 4. The fraction of sp³-hybridized carbons (Fsp3) is 0.400. The molecule has 1 fully saturated rings. The monoisotopic (exact) mass is 350 g/mol. The number of hydrogen-bond acceptors (Lipinski definition) is 5. The Morgan fingerprint density at radius 3 is 2.46 bits per heavy atom. The van der Waals surface area contributed by atoms with Crippen LogP contribution in [0.4, 0.5) is 0 Å². The lowest BCUT2D eigenvalue weighted by molar-refractivity contribution is 0.00578. The van der Waals surface area contributed by atoms with Crippen LogP contribution in [0.1, 0.15) is 44.5 Å². The van der Waals surface area contributed by atoms with Gasteiger partial charge in [0.2, 0.25) is 0 Å². The van der Waals surface area contributed by atoms with Crippen molar-refractivity contribution in [1.82, 2.24) is 4.98 Å². The average molecular weight is 350 g/mol. The van der Waals surface area contributed by atoms with Crippen molar-refractivity contribution in [2.24, 2.45) is 0 Å². The Balaban J connectivity index is 1.74. The number of ether oxygens (including phenoxy) is 1. The van der Waals surface area contributed by atoms with E-state index in [2.05, 4.69) is 11.1 Å². The van der Waals surface area contributed by atoms with Crippen LogP contribution >= 0.6 is 0 Å². The zero-order valence-electron chi connectivity index (χ0n) is 15.9. The number of nitriles is 1. The van der Waals surface area contributed by atoms with E-state index in [1.165, 1.54) is 0 Å². The largest absolute Gasteiger partial charge is 0.494 e. The normalized spacial score (nSPS) is 17.8. The summed E-state index contributed by atoms with van der Waals surface area (Å²) in [6, 6.07) is 11.6. The third-order valence-electron chi connectivity index (χ3n) is 5.10. The van der Waals surface area contributed by atoms with Crippen molar-refractivity contribution < 1.29 is 14.0 Å². The highest BCUT2D eigenvalue weighted by Gasteiger charge is 2.51. The summed E-state index contributed by atoms with van der Waals surface area (Å²) in [4.78, 5) is 4.05. The van der Waals surface area contributed by atoms with Crippen LogP contribution in [0.25, 0.3) is 0 Å². The molecule has 3 rings (SSSR count). The summed E-state index contributed by atoms with van der Waals surface area (Å²) < 4.78 is 18.1. The van der Waals surface area contributed by atoms with Gasteiger partial charge in [0.05, 0.1) is 11.2 Å². The van der Waals surface area contributed by atoms with E-state index < -0.39 is 7.12 Å². The molecule has 1 aliphatic heterocycles. The fourth-order valence-electron chi connectivity index (χ4n) is 2.77. The van der Waals surface area contributed by atoms with Crippen LogP contribution in [-0.4, -0.2) is 23.3 Å². The summed E-state index contributed by atoms with van der Waals surface area (Å²) in [5.41, 5.74) is 2.37. The number of pyridine rings is 1. The lowest BCUT2D eigenvalue weighted by atomic mass is 9.78. The second-order valence-corrected chi connectivity index (χ2v) is 7.52. The number of nitrogens with zero attached hydrogens (tertiary/aromatic N) is 2. The molecule has 0 aliphatic carbocycles. The van der Waals surface area contributed by atoms with E-state index in [1.54, 1.807) is 12.3 Å². The van der Waals surface area contributed by atoms with Gasteiger partial charge in [0.15, 0.2) is 0 Å². The molecule has 0 spiro atoms. The summed E-state index contributed by atoms with van der Waals surface area (Å²) in [6.45, 7) is 10.4. The van der Waals surface area contributed by atoms with Crippen molar-refractivity contribution in [3.05, 3.63) is 53.3 Å². The van der Waals surface area contributed by atoms with Crippen molar-refractivity contribution in [2.75, 3.05) is 0 Å². The predicted molar refractivity (Wildman–Crippen MR) is 100 cm³/mol. The second-order valence-electron chi connectivity index (χ2n) is 7.52. The van der Waals surface area contributed by atoms with Gasteiger partial charge in [0, 0.05) is 11.8 Å². The predicted octanol–water partition coefficient (Wildman–Crippen LogP) is 3.14. The van der Waals surface area contributed by atoms with Gasteiger partial charge in [-0.3, -0.25) is 0 Å². The average Bonchev–Trinajstić information content (AvgIpc) is 2.81. The van der Waals surface area contributed by atoms with Gasteiger partial charge in [0.25, 0.3) is 0 Å². The molecule has 0 N–H and O–H groups in total. The van der Waals surface area contributed by atoms with Crippen LogP contribution in [-0.2, 0) is 15.9 Å². The molecule has 5 nitrogen and oxygen atoms in total. The summed E-state index contributed by atoms with van der Waals surface area (Å²) >= 11 is 0. The number of aryl methyl sites for hydroxylation is 1. The molecular weight excluding hydrogens is 327 g/mol. The first-order valence-corrected chi connectivity index (χ1v) is 8.66. The highest BCUT2D eigenvalue weighted by atomic mass is 16.7. The molecule has 1 aliphatic rings. The molecular formula is C20H23BN2O3. The zero-order valence-corrected chi connectivity index (χ0v) is 15.9. The van der Waals surface area contributed by atoms with Crippen molar-refractivity contribution in [1.29, 1.82) is 5.26 Å². The maximum atomic E-state index is 9.12. The first kappa shape index (κ1) is 18.4. The Bertz CT molecular complexity index is 842. The lowest BCUT2D eigenvalue weighted by Gasteiger charge is -2.32. The van der Waals surface area contributed by atoms with Gasteiger partial charge in [0.1, 0.15) is 24.1 Å². The molecule has 0 amide bonds. The summed E-state index contributed by atoms with van der Waals surface area (Å²) in [5.74, 6) is 0.762. The van der Waals surface area contributed by atoms with Gasteiger partial charge in [-0.2, -0.15) is 5.26 Å². The molecule has 134 valence electrons. The van der Waals surface area contributed by atoms with Gasteiger partial charge >= 0.3 is 7.12 Å². The Morgan fingerprint density at radius 1 is 1.15 bits per heavy atom. The maximum absolute atomic E-state index is 9.12. The summed E-state index contributed by atoms with van der Waals surface area (Å²) in [5, 5.41) is 9.12. The first-order valence-electron chi connectivity index (χ1n) is 8.66. The van der Waals surface area contributed by atoms with E-state index >= 15 is 0 Å². The van der Waals surface area contributed by atoms with E-state index in [0.29, 0.717) is 12.3 Å². The van der Waals surface area contributed by atoms with E-state index in [9.17, 15) is 0 Å².